The Morgan fingerprint density at radius 1 is 1.50 bits per heavy atom. The van der Waals surface area contributed by atoms with Gasteiger partial charge in [0.2, 0.25) is 5.95 Å². The largest absolute Gasteiger partial charge is 0.354 e. The molecule has 2 aromatic heterocycles. The van der Waals surface area contributed by atoms with E-state index in [-0.39, 0.29) is 0 Å². The number of hydrogen-bond acceptors (Lipinski definition) is 6. The number of aromatic nitrogens is 2. The van der Waals surface area contributed by atoms with Gasteiger partial charge in [-0.3, -0.25) is 5.43 Å². The molecular weight excluding hydrogens is 222 g/mol. The van der Waals surface area contributed by atoms with Gasteiger partial charge in [-0.2, -0.15) is 4.98 Å². The van der Waals surface area contributed by atoms with Crippen LogP contribution in [0.5, 0.6) is 0 Å². The molecule has 0 fully saturated rings. The molecular formula is C10H13N5S. The van der Waals surface area contributed by atoms with Gasteiger partial charge >= 0.3 is 0 Å². The zero-order valence-electron chi connectivity index (χ0n) is 8.92. The first-order chi connectivity index (χ1) is 7.79. The fourth-order valence-corrected chi connectivity index (χ4v) is 2.11. The van der Waals surface area contributed by atoms with Crippen LogP contribution in [0, 0.1) is 0 Å². The lowest BCUT2D eigenvalue weighted by Gasteiger charge is -2.17. The minimum absolute atomic E-state index is 0.426. The van der Waals surface area contributed by atoms with Crippen LogP contribution in [0.25, 0.3) is 0 Å². The summed E-state index contributed by atoms with van der Waals surface area (Å²) >= 11 is 1.73. The van der Waals surface area contributed by atoms with Crippen LogP contribution in [0.3, 0.4) is 0 Å². The van der Waals surface area contributed by atoms with E-state index in [9.17, 15) is 0 Å². The molecule has 6 heteroatoms. The zero-order valence-corrected chi connectivity index (χ0v) is 9.74. The van der Waals surface area contributed by atoms with Crippen LogP contribution in [0.4, 0.5) is 11.8 Å². The van der Waals surface area contributed by atoms with E-state index in [4.69, 9.17) is 5.84 Å². The van der Waals surface area contributed by atoms with Crippen molar-refractivity contribution < 1.29 is 0 Å². The van der Waals surface area contributed by atoms with Crippen molar-refractivity contribution in [3.05, 3.63) is 34.7 Å². The van der Waals surface area contributed by atoms with Crippen LogP contribution < -0.4 is 16.2 Å². The Balaban J connectivity index is 2.11. The molecule has 0 aromatic carbocycles. The van der Waals surface area contributed by atoms with Crippen LogP contribution in [0.15, 0.2) is 29.8 Å². The van der Waals surface area contributed by atoms with Crippen molar-refractivity contribution in [2.24, 2.45) is 5.84 Å². The topological polar surface area (TPSA) is 67.1 Å². The molecule has 0 saturated heterocycles. The van der Waals surface area contributed by atoms with Gasteiger partial charge in [-0.05, 0) is 17.5 Å². The summed E-state index contributed by atoms with van der Waals surface area (Å²) in [6, 6.07) is 6.00. The molecule has 2 rings (SSSR count). The molecule has 3 N–H and O–H groups in total. The summed E-state index contributed by atoms with van der Waals surface area (Å²) in [7, 11) is 1.99. The predicted molar refractivity (Wildman–Crippen MR) is 66.3 cm³/mol. The van der Waals surface area contributed by atoms with E-state index >= 15 is 0 Å². The Bertz CT molecular complexity index is 442. The lowest BCUT2D eigenvalue weighted by atomic mass is 10.4. The lowest BCUT2D eigenvalue weighted by Crippen LogP contribution is -2.18. The van der Waals surface area contributed by atoms with Gasteiger partial charge in [-0.15, -0.1) is 11.3 Å². The summed E-state index contributed by atoms with van der Waals surface area (Å²) in [5, 5.41) is 2.07. The third-order valence-electron chi connectivity index (χ3n) is 2.13. The van der Waals surface area contributed by atoms with Crippen LogP contribution in [-0.2, 0) is 6.54 Å². The van der Waals surface area contributed by atoms with Crippen molar-refractivity contribution >= 4 is 23.1 Å². The van der Waals surface area contributed by atoms with Crippen LogP contribution in [0.1, 0.15) is 4.88 Å². The summed E-state index contributed by atoms with van der Waals surface area (Å²) in [5.74, 6) is 6.53. The second kappa shape index (κ2) is 4.91. The zero-order chi connectivity index (χ0) is 11.4. The standard InChI is InChI=1S/C10H13N5S/c1-15(7-8-3-2-6-16-8)9-4-5-12-10(13-9)14-11/h2-6H,7,11H2,1H3,(H,12,13,14). The smallest absolute Gasteiger partial charge is 0.239 e. The Labute approximate surface area is 97.9 Å². The first kappa shape index (κ1) is 10.8. The van der Waals surface area contributed by atoms with E-state index in [1.54, 1.807) is 17.5 Å². The van der Waals surface area contributed by atoms with Gasteiger partial charge in [0.05, 0.1) is 6.54 Å². The molecule has 84 valence electrons. The van der Waals surface area contributed by atoms with Gasteiger partial charge in [0.15, 0.2) is 0 Å². The first-order valence-corrected chi connectivity index (χ1v) is 5.71. The van der Waals surface area contributed by atoms with Gasteiger partial charge in [-0.1, -0.05) is 6.07 Å². The lowest BCUT2D eigenvalue weighted by molar-refractivity contribution is 0.904. The first-order valence-electron chi connectivity index (χ1n) is 4.83. The number of hydrogen-bond donors (Lipinski definition) is 2. The molecule has 0 radical (unpaired) electrons. The maximum Gasteiger partial charge on any atom is 0.239 e. The Hall–Kier alpha value is -1.66. The van der Waals surface area contributed by atoms with Crippen molar-refractivity contribution in [2.75, 3.05) is 17.4 Å². The number of hydrazine groups is 1. The quantitative estimate of drug-likeness (QED) is 0.620. The van der Waals surface area contributed by atoms with Crippen LogP contribution in [0.2, 0.25) is 0 Å². The van der Waals surface area contributed by atoms with E-state index in [2.05, 4.69) is 26.8 Å². The summed E-state index contributed by atoms with van der Waals surface area (Å²) < 4.78 is 0. The average Bonchev–Trinajstić information content (AvgIpc) is 2.82. The Kier molecular flexibility index (Phi) is 3.33. The fourth-order valence-electron chi connectivity index (χ4n) is 1.35. The van der Waals surface area contributed by atoms with E-state index in [0.717, 1.165) is 12.4 Å². The SMILES string of the molecule is CN(Cc1cccs1)c1ccnc(NN)n1. The molecule has 0 bridgehead atoms. The summed E-state index contributed by atoms with van der Waals surface area (Å²) in [6.07, 6.45) is 1.68. The molecule has 0 aliphatic rings. The molecule has 0 aliphatic heterocycles. The normalized spacial score (nSPS) is 10.1. The fraction of sp³-hybridized carbons (Fsp3) is 0.200. The second-order valence-corrected chi connectivity index (χ2v) is 4.35. The molecule has 0 spiro atoms. The highest BCUT2D eigenvalue weighted by Crippen LogP contribution is 2.16. The summed E-state index contributed by atoms with van der Waals surface area (Å²) in [6.45, 7) is 0.832. The van der Waals surface area contributed by atoms with Crippen molar-refractivity contribution in [1.82, 2.24) is 9.97 Å². The molecule has 5 nitrogen and oxygen atoms in total. The number of nitrogens with zero attached hydrogens (tertiary/aromatic N) is 3. The molecule has 0 atom stereocenters. The molecule has 0 amide bonds. The number of anilines is 2. The number of rotatable bonds is 4. The monoisotopic (exact) mass is 235 g/mol. The van der Waals surface area contributed by atoms with Gasteiger partial charge < -0.3 is 4.90 Å². The summed E-state index contributed by atoms with van der Waals surface area (Å²) in [4.78, 5) is 11.6. The Morgan fingerprint density at radius 3 is 3.06 bits per heavy atom. The van der Waals surface area contributed by atoms with E-state index in [0.29, 0.717) is 5.95 Å². The second-order valence-electron chi connectivity index (χ2n) is 3.32. The molecule has 0 unspecified atom stereocenters. The van der Waals surface area contributed by atoms with E-state index in [1.165, 1.54) is 4.88 Å². The highest BCUT2D eigenvalue weighted by atomic mass is 32.1. The Morgan fingerprint density at radius 2 is 2.38 bits per heavy atom. The third kappa shape index (κ3) is 2.47. The minimum atomic E-state index is 0.426. The highest BCUT2D eigenvalue weighted by molar-refractivity contribution is 7.09. The number of nitrogens with two attached hydrogens (primary N) is 1. The third-order valence-corrected chi connectivity index (χ3v) is 3.00. The van der Waals surface area contributed by atoms with Gasteiger partial charge in [-0.25, -0.2) is 10.8 Å². The molecule has 2 aromatic rings. The van der Waals surface area contributed by atoms with Gasteiger partial charge in [0.25, 0.3) is 0 Å². The highest BCUT2D eigenvalue weighted by Gasteiger charge is 2.05. The van der Waals surface area contributed by atoms with Gasteiger partial charge in [0, 0.05) is 18.1 Å². The molecule has 0 aliphatic carbocycles. The summed E-state index contributed by atoms with van der Waals surface area (Å²) in [5.41, 5.74) is 2.43. The van der Waals surface area contributed by atoms with Gasteiger partial charge in [0.1, 0.15) is 5.82 Å². The van der Waals surface area contributed by atoms with Crippen molar-refractivity contribution in [1.29, 1.82) is 0 Å². The minimum Gasteiger partial charge on any atom is -0.354 e. The predicted octanol–water partition coefficient (Wildman–Crippen LogP) is 1.46. The van der Waals surface area contributed by atoms with Crippen molar-refractivity contribution in [2.45, 2.75) is 6.54 Å². The van der Waals surface area contributed by atoms with E-state index in [1.807, 2.05) is 24.1 Å². The van der Waals surface area contributed by atoms with E-state index < -0.39 is 0 Å². The van der Waals surface area contributed by atoms with Crippen LogP contribution in [-0.4, -0.2) is 17.0 Å². The number of thiophene rings is 1. The average molecular weight is 235 g/mol. The molecule has 0 saturated carbocycles. The maximum atomic E-state index is 5.26. The number of nitrogen functional groups attached to an aromatic ring is 1. The molecule has 2 heterocycles. The van der Waals surface area contributed by atoms with Crippen molar-refractivity contribution in [3.8, 4) is 0 Å². The maximum absolute atomic E-state index is 5.26. The molecule has 16 heavy (non-hydrogen) atoms. The van der Waals surface area contributed by atoms with Crippen molar-refractivity contribution in [3.63, 3.8) is 0 Å². The van der Waals surface area contributed by atoms with Crippen LogP contribution >= 0.6 is 11.3 Å². The number of nitrogens with one attached hydrogen (secondary N) is 1.